The third-order valence-electron chi connectivity index (χ3n) is 5.12. The molecule has 1 aromatic heterocycles. The van der Waals surface area contributed by atoms with Crippen LogP contribution in [0.1, 0.15) is 29.9 Å². The molecule has 0 atom stereocenters. The van der Waals surface area contributed by atoms with Crippen molar-refractivity contribution in [2.75, 3.05) is 18.8 Å². The van der Waals surface area contributed by atoms with Crippen molar-refractivity contribution in [3.05, 3.63) is 47.5 Å². The summed E-state index contributed by atoms with van der Waals surface area (Å²) >= 11 is 0. The number of sulfone groups is 1. The summed E-state index contributed by atoms with van der Waals surface area (Å²) < 4.78 is 77.5. The van der Waals surface area contributed by atoms with Gasteiger partial charge in [-0.2, -0.15) is 13.2 Å². The monoisotopic (exact) mass is 461 g/mol. The SMILES string of the molecule is CC(C)(O)C1CN(C(=O)c2ncc(S(=O)(=O)c3ccc(C(F)(F)F)cc3F)cc2N)C1. The third-order valence-corrected chi connectivity index (χ3v) is 6.88. The summed E-state index contributed by atoms with van der Waals surface area (Å²) in [6.45, 7) is 3.76. The van der Waals surface area contributed by atoms with Crippen molar-refractivity contribution in [3.8, 4) is 0 Å². The molecule has 1 saturated heterocycles. The minimum absolute atomic E-state index is 0.0878. The Bertz CT molecular complexity index is 1140. The van der Waals surface area contributed by atoms with Gasteiger partial charge in [0.1, 0.15) is 10.7 Å². The van der Waals surface area contributed by atoms with E-state index in [1.54, 1.807) is 13.8 Å². The quantitative estimate of drug-likeness (QED) is 0.677. The van der Waals surface area contributed by atoms with E-state index in [2.05, 4.69) is 4.98 Å². The smallest absolute Gasteiger partial charge is 0.397 e. The largest absolute Gasteiger partial charge is 0.416 e. The highest BCUT2D eigenvalue weighted by atomic mass is 32.2. The number of aliphatic hydroxyl groups is 1. The molecule has 0 bridgehead atoms. The number of nitrogens with zero attached hydrogens (tertiary/aromatic N) is 2. The Balaban J connectivity index is 1.86. The fraction of sp³-hybridized carbons (Fsp3) is 0.368. The number of aromatic nitrogens is 1. The zero-order valence-electron chi connectivity index (χ0n) is 16.4. The number of anilines is 1. The van der Waals surface area contributed by atoms with Gasteiger partial charge in [0.15, 0.2) is 5.69 Å². The summed E-state index contributed by atoms with van der Waals surface area (Å²) in [5.74, 6) is -2.28. The fourth-order valence-corrected chi connectivity index (χ4v) is 4.34. The maximum atomic E-state index is 14.1. The Hall–Kier alpha value is -2.73. The van der Waals surface area contributed by atoms with Gasteiger partial charge in [-0.3, -0.25) is 4.79 Å². The molecule has 7 nitrogen and oxygen atoms in total. The van der Waals surface area contributed by atoms with E-state index in [1.807, 2.05) is 0 Å². The number of pyridine rings is 1. The molecule has 0 unspecified atom stereocenters. The number of alkyl halides is 3. The molecular weight excluding hydrogens is 442 g/mol. The van der Waals surface area contributed by atoms with Gasteiger partial charge in [-0.1, -0.05) is 0 Å². The van der Waals surface area contributed by atoms with Crippen LogP contribution in [-0.2, 0) is 16.0 Å². The molecule has 0 saturated carbocycles. The summed E-state index contributed by atoms with van der Waals surface area (Å²) in [4.78, 5) is 16.1. The fourth-order valence-electron chi connectivity index (χ4n) is 3.05. The zero-order valence-corrected chi connectivity index (χ0v) is 17.3. The second-order valence-corrected chi connectivity index (χ2v) is 9.73. The first-order valence-corrected chi connectivity index (χ1v) is 10.5. The third kappa shape index (κ3) is 4.35. The second-order valence-electron chi connectivity index (χ2n) is 7.82. The first-order chi connectivity index (χ1) is 14.1. The van der Waals surface area contributed by atoms with E-state index in [4.69, 9.17) is 5.73 Å². The maximum Gasteiger partial charge on any atom is 0.416 e. The Labute approximate surface area is 175 Å². The van der Waals surface area contributed by atoms with E-state index in [0.29, 0.717) is 12.1 Å². The van der Waals surface area contributed by atoms with Crippen LogP contribution in [-0.4, -0.2) is 48.0 Å². The molecule has 31 heavy (non-hydrogen) atoms. The predicted octanol–water partition coefficient (Wildman–Crippen LogP) is 2.50. The van der Waals surface area contributed by atoms with Gasteiger partial charge < -0.3 is 15.7 Å². The number of hydrogen-bond donors (Lipinski definition) is 2. The number of halogens is 4. The zero-order chi connectivity index (χ0) is 23.4. The summed E-state index contributed by atoms with van der Waals surface area (Å²) in [6, 6.07) is 1.96. The van der Waals surface area contributed by atoms with Crippen LogP contribution in [0.2, 0.25) is 0 Å². The summed E-state index contributed by atoms with van der Waals surface area (Å²) in [7, 11) is -4.58. The van der Waals surface area contributed by atoms with Gasteiger partial charge in [0.25, 0.3) is 5.91 Å². The van der Waals surface area contributed by atoms with Crippen molar-refractivity contribution in [3.63, 3.8) is 0 Å². The number of hydrogen-bond acceptors (Lipinski definition) is 6. The van der Waals surface area contributed by atoms with Gasteiger partial charge in [0, 0.05) is 25.2 Å². The Morgan fingerprint density at radius 1 is 1.23 bits per heavy atom. The number of nitrogens with two attached hydrogens (primary N) is 1. The Morgan fingerprint density at radius 3 is 2.32 bits per heavy atom. The lowest BCUT2D eigenvalue weighted by atomic mass is 9.84. The lowest BCUT2D eigenvalue weighted by molar-refractivity contribution is -0.137. The highest BCUT2D eigenvalue weighted by Crippen LogP contribution is 2.33. The Kier molecular flexibility index (Phi) is 5.51. The number of amides is 1. The number of rotatable bonds is 4. The first kappa shape index (κ1) is 22.9. The van der Waals surface area contributed by atoms with Crippen molar-refractivity contribution in [2.24, 2.45) is 5.92 Å². The molecule has 12 heteroatoms. The van der Waals surface area contributed by atoms with E-state index in [-0.39, 0.29) is 36.5 Å². The van der Waals surface area contributed by atoms with E-state index >= 15 is 0 Å². The van der Waals surface area contributed by atoms with Crippen molar-refractivity contribution < 1.29 is 35.9 Å². The molecule has 0 aliphatic carbocycles. The standard InChI is InChI=1S/C19H19F4N3O4S/c1-18(2,28)11-8-26(9-11)17(27)16-14(24)6-12(7-25-16)31(29,30)15-4-3-10(5-13(15)20)19(21,22)23/h3-7,11,28H,8-9,24H2,1-2H3. The lowest BCUT2D eigenvalue weighted by Gasteiger charge is -2.45. The van der Waals surface area contributed by atoms with Crippen molar-refractivity contribution in [1.29, 1.82) is 0 Å². The normalized spacial score (nSPS) is 15.6. The average Bonchev–Trinajstić information content (AvgIpc) is 2.57. The molecule has 0 spiro atoms. The average molecular weight is 461 g/mol. The van der Waals surface area contributed by atoms with Gasteiger partial charge in [-0.15, -0.1) is 0 Å². The number of likely N-dealkylation sites (tertiary alicyclic amines) is 1. The molecule has 168 valence electrons. The topological polar surface area (TPSA) is 114 Å². The summed E-state index contributed by atoms with van der Waals surface area (Å²) in [6.07, 6.45) is -4.04. The second kappa shape index (κ2) is 7.45. The lowest BCUT2D eigenvalue weighted by Crippen LogP contribution is -2.57. The van der Waals surface area contributed by atoms with Crippen molar-refractivity contribution in [2.45, 2.75) is 35.4 Å². The van der Waals surface area contributed by atoms with Crippen LogP contribution in [0.5, 0.6) is 0 Å². The van der Waals surface area contributed by atoms with Crippen molar-refractivity contribution in [1.82, 2.24) is 9.88 Å². The van der Waals surface area contributed by atoms with E-state index in [1.165, 1.54) is 4.90 Å². The molecule has 2 heterocycles. The number of nitrogen functional groups attached to an aromatic ring is 1. The molecule has 3 rings (SSSR count). The van der Waals surface area contributed by atoms with Crippen LogP contribution in [0.15, 0.2) is 40.3 Å². The predicted molar refractivity (Wildman–Crippen MR) is 101 cm³/mol. The highest BCUT2D eigenvalue weighted by Gasteiger charge is 2.41. The number of benzene rings is 1. The van der Waals surface area contributed by atoms with Gasteiger partial charge in [-0.05, 0) is 38.1 Å². The molecule has 2 aromatic rings. The minimum atomic E-state index is -4.84. The van der Waals surface area contributed by atoms with E-state index in [0.717, 1.165) is 12.3 Å². The van der Waals surface area contributed by atoms with Gasteiger partial charge in [0.05, 0.1) is 21.7 Å². The van der Waals surface area contributed by atoms with Crippen LogP contribution in [0, 0.1) is 11.7 Å². The molecule has 0 radical (unpaired) electrons. The van der Waals surface area contributed by atoms with E-state index < -0.39 is 48.7 Å². The van der Waals surface area contributed by atoms with Gasteiger partial charge >= 0.3 is 6.18 Å². The van der Waals surface area contributed by atoms with Crippen LogP contribution < -0.4 is 5.73 Å². The first-order valence-electron chi connectivity index (χ1n) is 9.01. The molecule has 1 aromatic carbocycles. The summed E-state index contributed by atoms with van der Waals surface area (Å²) in [5, 5.41) is 9.94. The molecule has 1 aliphatic rings. The molecular formula is C19H19F4N3O4S. The van der Waals surface area contributed by atoms with Crippen LogP contribution in [0.3, 0.4) is 0 Å². The van der Waals surface area contributed by atoms with Crippen LogP contribution >= 0.6 is 0 Å². The van der Waals surface area contributed by atoms with Crippen LogP contribution in [0.4, 0.5) is 23.2 Å². The van der Waals surface area contributed by atoms with E-state index in [9.17, 15) is 35.9 Å². The molecule has 3 N–H and O–H groups in total. The maximum absolute atomic E-state index is 14.1. The van der Waals surface area contributed by atoms with Gasteiger partial charge in [0.2, 0.25) is 9.84 Å². The van der Waals surface area contributed by atoms with Crippen LogP contribution in [0.25, 0.3) is 0 Å². The van der Waals surface area contributed by atoms with Gasteiger partial charge in [-0.25, -0.2) is 17.8 Å². The molecule has 1 aliphatic heterocycles. The number of carbonyl (C=O) groups excluding carboxylic acids is 1. The number of carbonyl (C=O) groups is 1. The summed E-state index contributed by atoms with van der Waals surface area (Å²) in [5.41, 5.74) is 2.97. The minimum Gasteiger partial charge on any atom is -0.397 e. The van der Waals surface area contributed by atoms with Crippen molar-refractivity contribution >= 4 is 21.4 Å². The Morgan fingerprint density at radius 2 is 1.84 bits per heavy atom. The molecule has 1 fully saturated rings. The highest BCUT2D eigenvalue weighted by molar-refractivity contribution is 7.91. The molecule has 1 amide bonds.